The van der Waals surface area contributed by atoms with Gasteiger partial charge < -0.3 is 9.67 Å². The van der Waals surface area contributed by atoms with E-state index in [0.717, 1.165) is 22.1 Å². The van der Waals surface area contributed by atoms with Crippen molar-refractivity contribution in [2.45, 2.75) is 12.5 Å². The lowest BCUT2D eigenvalue weighted by atomic mass is 9.83. The van der Waals surface area contributed by atoms with Gasteiger partial charge in [0.05, 0.1) is 18.2 Å². The second kappa shape index (κ2) is 8.24. The molecule has 170 valence electrons. The highest BCUT2D eigenvalue weighted by molar-refractivity contribution is 6.30. The summed E-state index contributed by atoms with van der Waals surface area (Å²) < 4.78 is 3.30. The fourth-order valence-corrected chi connectivity index (χ4v) is 4.56. The van der Waals surface area contributed by atoms with Crippen LogP contribution in [0.25, 0.3) is 22.2 Å². The number of hydrogen-bond donors (Lipinski definition) is 1. The molecule has 3 aromatic heterocycles. The van der Waals surface area contributed by atoms with Crippen LogP contribution in [-0.2, 0) is 19.7 Å². The van der Waals surface area contributed by atoms with Crippen LogP contribution in [0.4, 0.5) is 0 Å². The maximum Gasteiger partial charge on any atom is 0.252 e. The van der Waals surface area contributed by atoms with Crippen molar-refractivity contribution in [1.29, 1.82) is 0 Å². The molecule has 0 saturated heterocycles. The fourth-order valence-electron chi connectivity index (χ4n) is 4.43. The van der Waals surface area contributed by atoms with Gasteiger partial charge in [-0.05, 0) is 41.8 Å². The van der Waals surface area contributed by atoms with Crippen molar-refractivity contribution in [3.05, 3.63) is 117 Å². The van der Waals surface area contributed by atoms with Crippen molar-refractivity contribution in [3.63, 3.8) is 0 Å². The van der Waals surface area contributed by atoms with Gasteiger partial charge in [-0.1, -0.05) is 53.6 Å². The van der Waals surface area contributed by atoms with Crippen molar-refractivity contribution in [2.24, 2.45) is 14.1 Å². The summed E-state index contributed by atoms with van der Waals surface area (Å²) in [6.45, 7) is 2.01. The number of fused-ring (bicyclic) bond motifs is 1. The Hall–Kier alpha value is -3.74. The van der Waals surface area contributed by atoms with E-state index in [0.29, 0.717) is 27.5 Å². The second-order valence-corrected chi connectivity index (χ2v) is 8.96. The van der Waals surface area contributed by atoms with Gasteiger partial charge in [0.2, 0.25) is 0 Å². The molecule has 0 spiro atoms. The Morgan fingerprint density at radius 1 is 0.971 bits per heavy atom. The summed E-state index contributed by atoms with van der Waals surface area (Å²) in [7, 11) is 3.53. The quantitative estimate of drug-likeness (QED) is 0.417. The van der Waals surface area contributed by atoms with Crippen LogP contribution in [0.3, 0.4) is 0 Å². The van der Waals surface area contributed by atoms with Crippen molar-refractivity contribution in [2.75, 3.05) is 0 Å². The average molecular weight is 471 g/mol. The van der Waals surface area contributed by atoms with E-state index in [-0.39, 0.29) is 5.56 Å². The Labute approximate surface area is 201 Å². The SMILES string of the molecule is Cc1cccc(-c2cc(=O)n(C)c3ncc(C(O)(c4ccc(Cl)cc4)c4cncn4C)cc23)c1. The zero-order chi connectivity index (χ0) is 24.0. The normalized spacial score (nSPS) is 13.2. The second-order valence-electron chi connectivity index (χ2n) is 8.53. The van der Waals surface area contributed by atoms with E-state index in [2.05, 4.69) is 9.97 Å². The Balaban J connectivity index is 1.84. The van der Waals surface area contributed by atoms with Crippen LogP contribution in [0.5, 0.6) is 0 Å². The molecule has 7 heteroatoms. The molecule has 6 nitrogen and oxygen atoms in total. The molecule has 5 rings (SSSR count). The molecular weight excluding hydrogens is 448 g/mol. The number of aliphatic hydroxyl groups is 1. The molecule has 34 heavy (non-hydrogen) atoms. The number of nitrogens with zero attached hydrogens (tertiary/aromatic N) is 4. The van der Waals surface area contributed by atoms with Gasteiger partial charge in [0, 0.05) is 42.3 Å². The minimum absolute atomic E-state index is 0.149. The number of benzene rings is 2. The molecule has 1 N–H and O–H groups in total. The largest absolute Gasteiger partial charge is 0.374 e. The summed E-state index contributed by atoms with van der Waals surface area (Å²) in [5.74, 6) is 0. The first-order valence-corrected chi connectivity index (χ1v) is 11.2. The topological polar surface area (TPSA) is 72.9 Å². The van der Waals surface area contributed by atoms with Crippen LogP contribution in [0.15, 0.2) is 84.2 Å². The highest BCUT2D eigenvalue weighted by atomic mass is 35.5. The molecule has 0 aliphatic carbocycles. The summed E-state index contributed by atoms with van der Waals surface area (Å²) in [5, 5.41) is 13.6. The highest BCUT2D eigenvalue weighted by Gasteiger charge is 2.37. The summed E-state index contributed by atoms with van der Waals surface area (Å²) in [5.41, 5.74) is 3.37. The van der Waals surface area contributed by atoms with Gasteiger partial charge in [-0.2, -0.15) is 0 Å². The third-order valence-electron chi connectivity index (χ3n) is 6.27. The first-order valence-electron chi connectivity index (χ1n) is 10.8. The summed E-state index contributed by atoms with van der Waals surface area (Å²) in [6.07, 6.45) is 4.90. The van der Waals surface area contributed by atoms with Crippen LogP contribution in [-0.4, -0.2) is 24.2 Å². The van der Waals surface area contributed by atoms with Gasteiger partial charge in [-0.3, -0.25) is 9.36 Å². The third-order valence-corrected chi connectivity index (χ3v) is 6.52. The maximum absolute atomic E-state index is 12.7. The van der Waals surface area contributed by atoms with E-state index in [1.165, 1.54) is 4.57 Å². The molecule has 1 atom stereocenters. The summed E-state index contributed by atoms with van der Waals surface area (Å²) in [4.78, 5) is 21.6. The highest BCUT2D eigenvalue weighted by Crippen LogP contribution is 2.38. The zero-order valence-corrected chi connectivity index (χ0v) is 19.8. The van der Waals surface area contributed by atoms with Crippen LogP contribution in [0.1, 0.15) is 22.4 Å². The standard InChI is InChI=1S/C27H23ClN4O2/c1-17-5-4-6-18(11-17)22-13-25(33)32(3)26-23(22)12-20(14-30-26)27(34,24-15-29-16-31(24)2)19-7-9-21(28)10-8-19/h4-16,34H,1-3H3. The Morgan fingerprint density at radius 3 is 2.41 bits per heavy atom. The van der Waals surface area contributed by atoms with E-state index in [9.17, 15) is 9.90 Å². The number of pyridine rings is 2. The lowest BCUT2D eigenvalue weighted by Crippen LogP contribution is -2.31. The molecule has 3 heterocycles. The van der Waals surface area contributed by atoms with Gasteiger partial charge in [-0.15, -0.1) is 0 Å². The summed E-state index contributed by atoms with van der Waals surface area (Å²) in [6, 6.07) is 18.6. The lowest BCUT2D eigenvalue weighted by molar-refractivity contribution is 0.117. The molecule has 0 fully saturated rings. The molecule has 0 radical (unpaired) electrons. The molecule has 2 aromatic carbocycles. The first-order chi connectivity index (χ1) is 16.3. The molecule has 0 aliphatic rings. The Morgan fingerprint density at radius 2 is 1.74 bits per heavy atom. The molecule has 0 bridgehead atoms. The van der Waals surface area contributed by atoms with E-state index < -0.39 is 5.60 Å². The lowest BCUT2D eigenvalue weighted by Gasteiger charge is -2.30. The molecule has 0 saturated carbocycles. The Kier molecular flexibility index (Phi) is 5.35. The van der Waals surface area contributed by atoms with Gasteiger partial charge in [0.1, 0.15) is 5.65 Å². The van der Waals surface area contributed by atoms with E-state index in [4.69, 9.17) is 11.6 Å². The van der Waals surface area contributed by atoms with Gasteiger partial charge in [-0.25, -0.2) is 9.97 Å². The Bertz CT molecular complexity index is 1590. The average Bonchev–Trinajstić information content (AvgIpc) is 3.27. The molecule has 0 aliphatic heterocycles. The number of hydrogen-bond acceptors (Lipinski definition) is 4. The third kappa shape index (κ3) is 3.52. The number of aryl methyl sites for hydroxylation is 3. The van der Waals surface area contributed by atoms with Gasteiger partial charge in [0.15, 0.2) is 5.60 Å². The predicted octanol–water partition coefficient (Wildman–Crippen LogP) is 4.58. The fraction of sp³-hybridized carbons (Fsp3) is 0.148. The number of halogens is 1. The number of rotatable bonds is 4. The number of imidazole rings is 1. The van der Waals surface area contributed by atoms with Crippen molar-refractivity contribution in [1.82, 2.24) is 19.1 Å². The minimum Gasteiger partial charge on any atom is -0.374 e. The minimum atomic E-state index is -1.55. The number of aromatic nitrogens is 4. The molecule has 1 unspecified atom stereocenters. The van der Waals surface area contributed by atoms with Crippen LogP contribution < -0.4 is 5.56 Å². The smallest absolute Gasteiger partial charge is 0.252 e. The zero-order valence-electron chi connectivity index (χ0n) is 19.0. The molecule has 5 aromatic rings. The molecule has 0 amide bonds. The monoisotopic (exact) mass is 470 g/mol. The van der Waals surface area contributed by atoms with Crippen LogP contribution in [0.2, 0.25) is 5.02 Å². The first kappa shape index (κ1) is 22.1. The van der Waals surface area contributed by atoms with Gasteiger partial charge in [0.25, 0.3) is 5.56 Å². The summed E-state index contributed by atoms with van der Waals surface area (Å²) >= 11 is 6.13. The maximum atomic E-state index is 12.7. The van der Waals surface area contributed by atoms with Gasteiger partial charge >= 0.3 is 0 Å². The van der Waals surface area contributed by atoms with E-state index >= 15 is 0 Å². The van der Waals surface area contributed by atoms with Crippen LogP contribution >= 0.6 is 11.6 Å². The van der Waals surface area contributed by atoms with E-state index in [1.54, 1.807) is 60.7 Å². The van der Waals surface area contributed by atoms with Crippen molar-refractivity contribution < 1.29 is 5.11 Å². The van der Waals surface area contributed by atoms with Crippen molar-refractivity contribution >= 4 is 22.6 Å². The van der Waals surface area contributed by atoms with Crippen molar-refractivity contribution in [3.8, 4) is 11.1 Å². The van der Waals surface area contributed by atoms with Crippen LogP contribution in [0, 0.1) is 6.92 Å². The predicted molar refractivity (Wildman–Crippen MR) is 134 cm³/mol. The van der Waals surface area contributed by atoms with E-state index in [1.807, 2.05) is 44.3 Å². The molecular formula is C27H23ClN4O2.